The quantitative estimate of drug-likeness (QED) is 0.780. The molecule has 8 heteroatoms. The number of aliphatic hydroxyl groups is 1. The highest BCUT2D eigenvalue weighted by molar-refractivity contribution is 5.82. The Kier molecular flexibility index (Phi) is 6.53. The van der Waals surface area contributed by atoms with Crippen molar-refractivity contribution in [1.29, 1.82) is 0 Å². The lowest BCUT2D eigenvalue weighted by Gasteiger charge is -2.40. The van der Waals surface area contributed by atoms with Gasteiger partial charge in [0, 0.05) is 52.2 Å². The maximum absolute atomic E-state index is 13.2. The molecule has 0 saturated carbocycles. The Bertz CT molecular complexity index is 1010. The van der Waals surface area contributed by atoms with Crippen molar-refractivity contribution in [2.24, 2.45) is 0 Å². The zero-order chi connectivity index (χ0) is 23.0. The van der Waals surface area contributed by atoms with E-state index in [1.54, 1.807) is 6.92 Å². The first-order chi connectivity index (χ1) is 15.2. The number of hydrogen-bond acceptors (Lipinski definition) is 5. The van der Waals surface area contributed by atoms with Crippen LogP contribution in [0.5, 0.6) is 0 Å². The minimum Gasteiger partial charge on any atom is -0.391 e. The Balaban J connectivity index is 1.42. The van der Waals surface area contributed by atoms with E-state index in [1.807, 2.05) is 21.3 Å². The van der Waals surface area contributed by atoms with Crippen molar-refractivity contribution in [1.82, 2.24) is 24.3 Å². The van der Waals surface area contributed by atoms with Gasteiger partial charge in [-0.15, -0.1) is 0 Å². The Morgan fingerprint density at radius 1 is 0.969 bits per heavy atom. The van der Waals surface area contributed by atoms with Gasteiger partial charge in [0.2, 0.25) is 11.8 Å². The monoisotopic (exact) mass is 441 g/mol. The van der Waals surface area contributed by atoms with Crippen molar-refractivity contribution in [3.05, 3.63) is 29.1 Å². The average molecular weight is 442 g/mol. The second kappa shape index (κ2) is 9.19. The number of aryl methyl sites for hydroxylation is 3. The van der Waals surface area contributed by atoms with Crippen molar-refractivity contribution in [2.45, 2.75) is 59.2 Å². The van der Waals surface area contributed by atoms with E-state index in [0.29, 0.717) is 32.6 Å². The molecule has 3 heterocycles. The number of imidazole rings is 1. The van der Waals surface area contributed by atoms with Gasteiger partial charge in [-0.2, -0.15) is 0 Å². The van der Waals surface area contributed by atoms with E-state index in [-0.39, 0.29) is 24.4 Å². The predicted octanol–water partition coefficient (Wildman–Crippen LogP) is 1.48. The van der Waals surface area contributed by atoms with E-state index in [1.165, 1.54) is 11.1 Å². The number of piperazine rings is 1. The van der Waals surface area contributed by atoms with Crippen LogP contribution < -0.4 is 0 Å². The van der Waals surface area contributed by atoms with Gasteiger partial charge < -0.3 is 19.5 Å². The standard InChI is InChI=1S/C24H35N5O3/c1-16-13-20-22(14-17(16)2)29(18(3)25-20)15-24(32)28-7-5-21(23(31)6-8-28)27-11-9-26(10-12-27)19(4)30/h13-14,21,23,31H,5-12,15H2,1-4H3/t21-,23-/m0/s1. The van der Waals surface area contributed by atoms with Gasteiger partial charge in [-0.05, 0) is 56.9 Å². The summed E-state index contributed by atoms with van der Waals surface area (Å²) in [6.07, 6.45) is 0.860. The Morgan fingerprint density at radius 3 is 2.31 bits per heavy atom. The second-order valence-electron chi connectivity index (χ2n) is 9.31. The molecular weight excluding hydrogens is 406 g/mol. The molecule has 0 spiro atoms. The Morgan fingerprint density at radius 2 is 1.62 bits per heavy atom. The first-order valence-corrected chi connectivity index (χ1v) is 11.6. The minimum atomic E-state index is -0.460. The number of aliphatic hydroxyl groups excluding tert-OH is 1. The number of fused-ring (bicyclic) bond motifs is 1. The van der Waals surface area contributed by atoms with Crippen LogP contribution in [-0.4, -0.2) is 92.6 Å². The van der Waals surface area contributed by atoms with Crippen LogP contribution in [0.1, 0.15) is 36.7 Å². The molecule has 1 aromatic heterocycles. The van der Waals surface area contributed by atoms with Gasteiger partial charge in [-0.1, -0.05) is 0 Å². The van der Waals surface area contributed by atoms with Crippen molar-refractivity contribution >= 4 is 22.8 Å². The molecule has 0 unspecified atom stereocenters. The maximum Gasteiger partial charge on any atom is 0.242 e. The summed E-state index contributed by atoms with van der Waals surface area (Å²) in [6.45, 7) is 12.1. The third-order valence-corrected chi connectivity index (χ3v) is 7.26. The molecule has 8 nitrogen and oxygen atoms in total. The molecule has 32 heavy (non-hydrogen) atoms. The van der Waals surface area contributed by atoms with Crippen molar-refractivity contribution in [3.8, 4) is 0 Å². The summed E-state index contributed by atoms with van der Waals surface area (Å²) in [5.74, 6) is 1.02. The molecule has 2 aliphatic heterocycles. The number of rotatable bonds is 3. The Labute approximate surface area is 189 Å². The third-order valence-electron chi connectivity index (χ3n) is 7.26. The Hall–Kier alpha value is -2.45. The largest absolute Gasteiger partial charge is 0.391 e. The topological polar surface area (TPSA) is 81.9 Å². The van der Waals surface area contributed by atoms with Gasteiger partial charge in [0.15, 0.2) is 0 Å². The molecule has 2 fully saturated rings. The normalized spacial score (nSPS) is 22.9. The zero-order valence-corrected chi connectivity index (χ0v) is 19.7. The molecule has 2 atom stereocenters. The number of carbonyl (C=O) groups is 2. The molecular formula is C24H35N5O3. The molecule has 2 aromatic rings. The van der Waals surface area contributed by atoms with Crippen LogP contribution in [0.15, 0.2) is 12.1 Å². The highest BCUT2D eigenvalue weighted by atomic mass is 16.3. The molecule has 0 aliphatic carbocycles. The lowest BCUT2D eigenvalue weighted by Crippen LogP contribution is -2.54. The smallest absolute Gasteiger partial charge is 0.242 e. The van der Waals surface area contributed by atoms with Crippen molar-refractivity contribution in [2.75, 3.05) is 39.3 Å². The maximum atomic E-state index is 13.2. The van der Waals surface area contributed by atoms with E-state index in [4.69, 9.17) is 0 Å². The lowest BCUT2D eigenvalue weighted by atomic mass is 10.0. The van der Waals surface area contributed by atoms with E-state index < -0.39 is 6.10 Å². The van der Waals surface area contributed by atoms with Crippen LogP contribution in [0.4, 0.5) is 0 Å². The lowest BCUT2D eigenvalue weighted by molar-refractivity contribution is -0.132. The van der Waals surface area contributed by atoms with E-state index in [2.05, 4.69) is 35.9 Å². The summed E-state index contributed by atoms with van der Waals surface area (Å²) in [4.78, 5) is 35.5. The summed E-state index contributed by atoms with van der Waals surface area (Å²) in [5, 5.41) is 10.8. The first kappa shape index (κ1) is 22.7. The number of benzene rings is 1. The highest BCUT2D eigenvalue weighted by Gasteiger charge is 2.33. The van der Waals surface area contributed by atoms with Crippen LogP contribution in [0.2, 0.25) is 0 Å². The fraction of sp³-hybridized carbons (Fsp3) is 0.625. The van der Waals surface area contributed by atoms with Crippen molar-refractivity contribution < 1.29 is 14.7 Å². The number of carbonyl (C=O) groups excluding carboxylic acids is 2. The van der Waals surface area contributed by atoms with Gasteiger partial charge in [0.25, 0.3) is 0 Å². The number of aromatic nitrogens is 2. The van der Waals surface area contributed by atoms with Gasteiger partial charge in [0.05, 0.1) is 17.1 Å². The van der Waals surface area contributed by atoms with Crippen LogP contribution >= 0.6 is 0 Å². The third kappa shape index (κ3) is 4.52. The van der Waals surface area contributed by atoms with Gasteiger partial charge in [-0.3, -0.25) is 14.5 Å². The van der Waals surface area contributed by atoms with E-state index in [9.17, 15) is 14.7 Å². The molecule has 2 amide bonds. The summed E-state index contributed by atoms with van der Waals surface area (Å²) < 4.78 is 2.00. The summed E-state index contributed by atoms with van der Waals surface area (Å²) in [7, 11) is 0. The molecule has 1 aromatic carbocycles. The molecule has 0 bridgehead atoms. The molecule has 2 aliphatic rings. The summed E-state index contributed by atoms with van der Waals surface area (Å²) >= 11 is 0. The van der Waals surface area contributed by atoms with Crippen LogP contribution in [0, 0.1) is 20.8 Å². The first-order valence-electron chi connectivity index (χ1n) is 11.6. The molecule has 0 radical (unpaired) electrons. The van der Waals surface area contributed by atoms with E-state index >= 15 is 0 Å². The summed E-state index contributed by atoms with van der Waals surface area (Å²) in [6, 6.07) is 4.22. The minimum absolute atomic E-state index is 0.0309. The number of nitrogens with zero attached hydrogens (tertiary/aromatic N) is 5. The van der Waals surface area contributed by atoms with Gasteiger partial charge in [-0.25, -0.2) is 4.98 Å². The van der Waals surface area contributed by atoms with Crippen LogP contribution in [0.3, 0.4) is 0 Å². The van der Waals surface area contributed by atoms with Crippen LogP contribution in [0.25, 0.3) is 11.0 Å². The molecule has 1 N–H and O–H groups in total. The molecule has 2 saturated heterocycles. The SMILES string of the molecule is CC(=O)N1CCN([C@H]2CCN(C(=O)Cn3c(C)nc4cc(C)c(C)cc43)CC[C@@H]2O)CC1. The zero-order valence-electron chi connectivity index (χ0n) is 19.7. The number of hydrogen-bond donors (Lipinski definition) is 1. The number of amides is 2. The van der Waals surface area contributed by atoms with Gasteiger partial charge >= 0.3 is 0 Å². The predicted molar refractivity (Wildman–Crippen MR) is 123 cm³/mol. The van der Waals surface area contributed by atoms with Crippen molar-refractivity contribution in [3.63, 3.8) is 0 Å². The fourth-order valence-corrected chi connectivity index (χ4v) is 5.05. The van der Waals surface area contributed by atoms with E-state index in [0.717, 1.165) is 36.4 Å². The summed E-state index contributed by atoms with van der Waals surface area (Å²) in [5.41, 5.74) is 4.31. The highest BCUT2D eigenvalue weighted by Crippen LogP contribution is 2.23. The fourth-order valence-electron chi connectivity index (χ4n) is 5.05. The average Bonchev–Trinajstić information content (AvgIpc) is 2.92. The number of likely N-dealkylation sites (tertiary alicyclic amines) is 1. The molecule has 174 valence electrons. The van der Waals surface area contributed by atoms with Gasteiger partial charge in [0.1, 0.15) is 12.4 Å². The van der Waals surface area contributed by atoms with Crippen LogP contribution in [-0.2, 0) is 16.1 Å². The molecule has 4 rings (SSSR count). The second-order valence-corrected chi connectivity index (χ2v) is 9.31.